The van der Waals surface area contributed by atoms with E-state index < -0.39 is 0 Å². The third-order valence-corrected chi connectivity index (χ3v) is 3.90. The molecule has 0 saturated heterocycles. The maximum absolute atomic E-state index is 11.9. The molecule has 20 heavy (non-hydrogen) atoms. The Morgan fingerprint density at radius 2 is 2.10 bits per heavy atom. The van der Waals surface area contributed by atoms with Crippen LogP contribution < -0.4 is 5.32 Å². The monoisotopic (exact) mass is 285 g/mol. The molecule has 1 amide bonds. The van der Waals surface area contributed by atoms with Crippen molar-refractivity contribution < 1.29 is 4.79 Å². The fourth-order valence-electron chi connectivity index (χ4n) is 1.67. The minimum Gasteiger partial charge on any atom is -0.326 e. The smallest absolute Gasteiger partial charge is 0.230 e. The van der Waals surface area contributed by atoms with Gasteiger partial charge in [0.2, 0.25) is 5.91 Å². The molecular formula is C15H15N3OS. The summed E-state index contributed by atoms with van der Waals surface area (Å²) in [4.78, 5) is 16.3. The number of carbonyl (C=O) groups is 1. The number of hydrogen-bond donors (Lipinski definition) is 1. The van der Waals surface area contributed by atoms with E-state index in [2.05, 4.69) is 24.1 Å². The van der Waals surface area contributed by atoms with Crippen molar-refractivity contribution in [3.8, 4) is 6.07 Å². The Bertz CT molecular complexity index is 638. The van der Waals surface area contributed by atoms with E-state index in [1.807, 2.05) is 11.4 Å². The van der Waals surface area contributed by atoms with E-state index in [1.165, 1.54) is 0 Å². The van der Waals surface area contributed by atoms with Gasteiger partial charge in [-0.2, -0.15) is 5.26 Å². The van der Waals surface area contributed by atoms with Gasteiger partial charge < -0.3 is 5.32 Å². The number of carbonyl (C=O) groups excluding carboxylic acids is 1. The molecule has 1 N–H and O–H groups in total. The predicted molar refractivity (Wildman–Crippen MR) is 79.7 cm³/mol. The number of benzene rings is 1. The number of aromatic nitrogens is 1. The number of hydrogen-bond acceptors (Lipinski definition) is 4. The highest BCUT2D eigenvalue weighted by Crippen LogP contribution is 2.19. The van der Waals surface area contributed by atoms with Gasteiger partial charge in [0.1, 0.15) is 0 Å². The van der Waals surface area contributed by atoms with Crippen LogP contribution in [-0.4, -0.2) is 10.9 Å². The van der Waals surface area contributed by atoms with Gasteiger partial charge in [-0.05, 0) is 24.3 Å². The quantitative estimate of drug-likeness (QED) is 0.937. The average Bonchev–Trinajstić information content (AvgIpc) is 2.88. The lowest BCUT2D eigenvalue weighted by atomic mass is 10.2. The minimum absolute atomic E-state index is 0.102. The summed E-state index contributed by atoms with van der Waals surface area (Å²) in [5, 5.41) is 14.5. The van der Waals surface area contributed by atoms with Crippen molar-refractivity contribution in [2.75, 3.05) is 5.32 Å². The number of nitrogens with one attached hydrogen (secondary N) is 1. The summed E-state index contributed by atoms with van der Waals surface area (Å²) in [6, 6.07) is 8.83. The third kappa shape index (κ3) is 3.65. The topological polar surface area (TPSA) is 65.8 Å². The molecule has 102 valence electrons. The Hall–Kier alpha value is -2.19. The van der Waals surface area contributed by atoms with Gasteiger partial charge in [0.25, 0.3) is 0 Å². The largest absolute Gasteiger partial charge is 0.326 e. The van der Waals surface area contributed by atoms with Gasteiger partial charge >= 0.3 is 0 Å². The molecular weight excluding hydrogens is 270 g/mol. The van der Waals surface area contributed by atoms with E-state index in [0.29, 0.717) is 17.2 Å². The van der Waals surface area contributed by atoms with Crippen molar-refractivity contribution in [2.45, 2.75) is 26.2 Å². The van der Waals surface area contributed by atoms with Gasteiger partial charge in [-0.3, -0.25) is 4.79 Å². The molecule has 2 aromatic rings. The van der Waals surface area contributed by atoms with Crippen LogP contribution in [0.3, 0.4) is 0 Å². The van der Waals surface area contributed by atoms with Crippen molar-refractivity contribution in [3.05, 3.63) is 45.9 Å². The second kappa shape index (κ2) is 6.31. The highest BCUT2D eigenvalue weighted by molar-refractivity contribution is 7.09. The summed E-state index contributed by atoms with van der Waals surface area (Å²) in [5.74, 6) is 0.283. The van der Waals surface area contributed by atoms with Crippen molar-refractivity contribution >= 4 is 22.9 Å². The minimum atomic E-state index is -0.102. The molecule has 1 aromatic carbocycles. The van der Waals surface area contributed by atoms with Gasteiger partial charge in [0.15, 0.2) is 0 Å². The number of nitrogens with zero attached hydrogens (tertiary/aromatic N) is 2. The lowest BCUT2D eigenvalue weighted by molar-refractivity contribution is -0.115. The second-order valence-electron chi connectivity index (χ2n) is 4.75. The highest BCUT2D eigenvalue weighted by Gasteiger charge is 2.10. The Balaban J connectivity index is 1.96. The first-order valence-electron chi connectivity index (χ1n) is 6.33. The molecule has 1 heterocycles. The van der Waals surface area contributed by atoms with Crippen LogP contribution in [0.1, 0.15) is 36.0 Å². The van der Waals surface area contributed by atoms with Crippen LogP contribution in [0.25, 0.3) is 0 Å². The first-order valence-corrected chi connectivity index (χ1v) is 7.20. The van der Waals surface area contributed by atoms with Gasteiger partial charge in [-0.25, -0.2) is 4.98 Å². The maximum Gasteiger partial charge on any atom is 0.230 e. The van der Waals surface area contributed by atoms with Crippen LogP contribution in [0.2, 0.25) is 0 Å². The Morgan fingerprint density at radius 1 is 1.40 bits per heavy atom. The maximum atomic E-state index is 11.9. The summed E-state index contributed by atoms with van der Waals surface area (Å²) in [5.41, 5.74) is 2.06. The van der Waals surface area contributed by atoms with Crippen molar-refractivity contribution in [2.24, 2.45) is 0 Å². The molecule has 5 heteroatoms. The number of anilines is 1. The zero-order valence-electron chi connectivity index (χ0n) is 11.4. The van der Waals surface area contributed by atoms with Crippen LogP contribution in [0, 0.1) is 11.3 Å². The summed E-state index contributed by atoms with van der Waals surface area (Å²) < 4.78 is 0. The van der Waals surface area contributed by atoms with E-state index in [9.17, 15) is 4.79 Å². The van der Waals surface area contributed by atoms with Crippen LogP contribution in [0.4, 0.5) is 5.69 Å². The Labute approximate surface area is 122 Å². The molecule has 4 nitrogen and oxygen atoms in total. The molecule has 0 atom stereocenters. The number of nitriles is 1. The fraction of sp³-hybridized carbons (Fsp3) is 0.267. The lowest BCUT2D eigenvalue weighted by Gasteiger charge is -2.03. The van der Waals surface area contributed by atoms with Crippen molar-refractivity contribution in [1.82, 2.24) is 4.98 Å². The summed E-state index contributed by atoms with van der Waals surface area (Å²) >= 11 is 1.58. The van der Waals surface area contributed by atoms with E-state index in [-0.39, 0.29) is 12.3 Å². The summed E-state index contributed by atoms with van der Waals surface area (Å²) in [6.07, 6.45) is 0.267. The molecule has 0 fully saturated rings. The first-order chi connectivity index (χ1) is 9.58. The Morgan fingerprint density at radius 3 is 2.65 bits per heavy atom. The number of thiazole rings is 1. The average molecular weight is 285 g/mol. The normalized spacial score (nSPS) is 10.3. The molecule has 1 aromatic heterocycles. The molecule has 0 radical (unpaired) electrons. The van der Waals surface area contributed by atoms with Crippen LogP contribution in [0.5, 0.6) is 0 Å². The van der Waals surface area contributed by atoms with E-state index in [4.69, 9.17) is 5.26 Å². The zero-order valence-corrected chi connectivity index (χ0v) is 12.2. The van der Waals surface area contributed by atoms with Crippen LogP contribution >= 0.6 is 11.3 Å². The van der Waals surface area contributed by atoms with E-state index >= 15 is 0 Å². The molecule has 0 aliphatic carbocycles. The zero-order chi connectivity index (χ0) is 14.5. The molecule has 0 aliphatic rings. The summed E-state index contributed by atoms with van der Waals surface area (Å²) in [6.45, 7) is 4.17. The van der Waals surface area contributed by atoms with Gasteiger partial charge in [-0.15, -0.1) is 11.3 Å². The standard InChI is InChI=1S/C15H15N3OS/c1-10(2)15-18-13(9-20-15)7-14(19)17-12-5-3-11(8-16)4-6-12/h3-6,9-10H,7H2,1-2H3,(H,17,19). The molecule has 0 aliphatic heterocycles. The number of rotatable bonds is 4. The second-order valence-corrected chi connectivity index (χ2v) is 5.64. The predicted octanol–water partition coefficient (Wildman–Crippen LogP) is 3.32. The van der Waals surface area contributed by atoms with Crippen molar-refractivity contribution in [3.63, 3.8) is 0 Å². The molecule has 0 saturated carbocycles. The van der Waals surface area contributed by atoms with Crippen molar-refractivity contribution in [1.29, 1.82) is 5.26 Å². The van der Waals surface area contributed by atoms with E-state index in [1.54, 1.807) is 35.6 Å². The van der Waals surface area contributed by atoms with Gasteiger partial charge in [0, 0.05) is 17.0 Å². The van der Waals surface area contributed by atoms with Gasteiger partial charge in [0.05, 0.1) is 28.8 Å². The molecule has 0 spiro atoms. The molecule has 0 bridgehead atoms. The van der Waals surface area contributed by atoms with E-state index in [0.717, 1.165) is 10.7 Å². The molecule has 2 rings (SSSR count). The third-order valence-electron chi connectivity index (χ3n) is 2.70. The summed E-state index contributed by atoms with van der Waals surface area (Å²) in [7, 11) is 0. The van der Waals surface area contributed by atoms with Crippen LogP contribution in [-0.2, 0) is 11.2 Å². The molecule has 0 unspecified atom stereocenters. The highest BCUT2D eigenvalue weighted by atomic mass is 32.1. The SMILES string of the molecule is CC(C)c1nc(CC(=O)Nc2ccc(C#N)cc2)cs1. The lowest BCUT2D eigenvalue weighted by Crippen LogP contribution is -2.14. The van der Waals surface area contributed by atoms with Gasteiger partial charge in [-0.1, -0.05) is 13.8 Å². The fourth-order valence-corrected chi connectivity index (χ4v) is 2.50. The first kappa shape index (κ1) is 14.2. The Kier molecular flexibility index (Phi) is 4.49. The number of amides is 1. The van der Waals surface area contributed by atoms with Crippen LogP contribution in [0.15, 0.2) is 29.6 Å².